The van der Waals surface area contributed by atoms with Crippen molar-refractivity contribution in [3.8, 4) is 0 Å². The first-order chi connectivity index (χ1) is 10.8. The molecule has 6 heteroatoms. The summed E-state index contributed by atoms with van der Waals surface area (Å²) in [5.74, 6) is -0.0743. The number of nitrogens with two attached hydrogens (primary N) is 1. The van der Waals surface area contributed by atoms with Crippen LogP contribution in [0.15, 0.2) is 35.7 Å². The van der Waals surface area contributed by atoms with E-state index in [1.807, 2.05) is 11.4 Å². The number of rotatable bonds is 5. The first-order valence-corrected chi connectivity index (χ1v) is 8.43. The Morgan fingerprint density at radius 3 is 3.00 bits per heavy atom. The van der Waals surface area contributed by atoms with Crippen molar-refractivity contribution in [1.82, 2.24) is 4.98 Å². The van der Waals surface area contributed by atoms with Crippen molar-refractivity contribution in [3.63, 3.8) is 0 Å². The molecule has 1 unspecified atom stereocenters. The molecule has 0 radical (unpaired) electrons. The fraction of sp³-hybridized carbons (Fsp3) is 0.375. The van der Waals surface area contributed by atoms with Crippen LogP contribution in [-0.2, 0) is 4.79 Å². The van der Waals surface area contributed by atoms with Gasteiger partial charge in [0.1, 0.15) is 0 Å². The Kier molecular flexibility index (Phi) is 4.70. The summed E-state index contributed by atoms with van der Waals surface area (Å²) in [6.45, 7) is 1.40. The van der Waals surface area contributed by atoms with Crippen LogP contribution in [0, 0.1) is 0 Å². The average Bonchev–Trinajstić information content (AvgIpc) is 3.17. The van der Waals surface area contributed by atoms with Gasteiger partial charge in [0.15, 0.2) is 5.13 Å². The van der Waals surface area contributed by atoms with Crippen molar-refractivity contribution in [3.05, 3.63) is 41.4 Å². The van der Waals surface area contributed by atoms with Gasteiger partial charge in [0.05, 0.1) is 11.7 Å². The molecule has 0 spiro atoms. The Labute approximate surface area is 134 Å². The number of hydrogen-bond acceptors (Lipinski definition) is 5. The molecule has 2 aromatic rings. The van der Waals surface area contributed by atoms with Crippen molar-refractivity contribution >= 4 is 28.1 Å². The first kappa shape index (κ1) is 15.0. The number of hydrogen-bond donors (Lipinski definition) is 2. The molecule has 3 N–H and O–H groups in total. The maximum absolute atomic E-state index is 11.6. The summed E-state index contributed by atoms with van der Waals surface area (Å²) in [7, 11) is 0. The summed E-state index contributed by atoms with van der Waals surface area (Å²) in [6, 6.07) is 10.7. The number of amides is 1. The molecule has 0 aliphatic carbocycles. The molecule has 1 saturated heterocycles. The zero-order valence-corrected chi connectivity index (χ0v) is 13.2. The molecule has 1 amide bonds. The van der Waals surface area contributed by atoms with E-state index in [2.05, 4.69) is 39.5 Å². The van der Waals surface area contributed by atoms with Crippen LogP contribution >= 0.6 is 11.3 Å². The van der Waals surface area contributed by atoms with Crippen LogP contribution in [0.3, 0.4) is 0 Å². The van der Waals surface area contributed by atoms with Gasteiger partial charge in [0, 0.05) is 30.6 Å². The third-order valence-corrected chi connectivity index (χ3v) is 4.60. The van der Waals surface area contributed by atoms with Gasteiger partial charge in [-0.25, -0.2) is 4.98 Å². The Morgan fingerprint density at radius 1 is 1.41 bits per heavy atom. The lowest BCUT2D eigenvalue weighted by molar-refractivity contribution is -0.116. The minimum Gasteiger partial charge on any atom is -0.363 e. The van der Waals surface area contributed by atoms with Gasteiger partial charge in [-0.05, 0) is 25.0 Å². The largest absolute Gasteiger partial charge is 0.363 e. The predicted octanol–water partition coefficient (Wildman–Crippen LogP) is 2.77. The molecule has 0 bridgehead atoms. The molecule has 1 aliphatic rings. The third-order valence-electron chi connectivity index (χ3n) is 3.82. The number of carbonyl (C=O) groups excluding carboxylic acids is 1. The van der Waals surface area contributed by atoms with E-state index in [-0.39, 0.29) is 5.91 Å². The molecule has 1 aromatic heterocycles. The molecule has 1 fully saturated rings. The number of aromatic nitrogens is 1. The quantitative estimate of drug-likeness (QED) is 0.890. The van der Waals surface area contributed by atoms with Crippen molar-refractivity contribution in [1.29, 1.82) is 0 Å². The monoisotopic (exact) mass is 316 g/mol. The van der Waals surface area contributed by atoms with Gasteiger partial charge in [0.25, 0.3) is 0 Å². The highest BCUT2D eigenvalue weighted by molar-refractivity contribution is 7.13. The normalized spacial score (nSPS) is 17.7. The Hall–Kier alpha value is -1.92. The summed E-state index contributed by atoms with van der Waals surface area (Å²) in [5, 5.41) is 5.52. The van der Waals surface area contributed by atoms with Gasteiger partial charge in [-0.15, -0.1) is 11.3 Å². The van der Waals surface area contributed by atoms with Crippen LogP contribution in [0.4, 0.5) is 10.8 Å². The van der Waals surface area contributed by atoms with Crippen LogP contribution in [-0.4, -0.2) is 24.0 Å². The van der Waals surface area contributed by atoms with Gasteiger partial charge >= 0.3 is 0 Å². The molecule has 3 rings (SSSR count). The molecule has 116 valence electrons. The van der Waals surface area contributed by atoms with Gasteiger partial charge in [0.2, 0.25) is 5.91 Å². The molecule has 2 heterocycles. The second-order valence-corrected chi connectivity index (χ2v) is 6.21. The molecule has 1 atom stereocenters. The third kappa shape index (κ3) is 3.28. The Bertz CT molecular complexity index is 628. The Balaban J connectivity index is 1.73. The highest BCUT2D eigenvalue weighted by atomic mass is 32.1. The van der Waals surface area contributed by atoms with Gasteiger partial charge in [-0.1, -0.05) is 18.2 Å². The van der Waals surface area contributed by atoms with E-state index in [9.17, 15) is 4.79 Å². The van der Waals surface area contributed by atoms with Crippen molar-refractivity contribution in [2.24, 2.45) is 5.73 Å². The molecule has 1 aromatic carbocycles. The molecule has 0 saturated carbocycles. The summed E-state index contributed by atoms with van der Waals surface area (Å²) in [4.78, 5) is 18.6. The van der Waals surface area contributed by atoms with Crippen LogP contribution in [0.2, 0.25) is 0 Å². The van der Waals surface area contributed by atoms with E-state index >= 15 is 0 Å². The highest BCUT2D eigenvalue weighted by Gasteiger charge is 2.28. The highest BCUT2D eigenvalue weighted by Crippen LogP contribution is 2.36. The second-order valence-electron chi connectivity index (χ2n) is 5.35. The average molecular weight is 316 g/mol. The van der Waals surface area contributed by atoms with E-state index in [4.69, 9.17) is 5.73 Å². The maximum atomic E-state index is 11.6. The molecular formula is C16H20N4OS. The molecular weight excluding hydrogens is 296 g/mol. The fourth-order valence-corrected chi connectivity index (χ4v) is 3.59. The van der Waals surface area contributed by atoms with E-state index < -0.39 is 0 Å². The number of benzene rings is 1. The molecule has 5 nitrogen and oxygen atoms in total. The number of nitrogens with zero attached hydrogens (tertiary/aromatic N) is 2. The first-order valence-electron chi connectivity index (χ1n) is 7.55. The molecule has 22 heavy (non-hydrogen) atoms. The lowest BCUT2D eigenvalue weighted by Crippen LogP contribution is -2.22. The zero-order valence-electron chi connectivity index (χ0n) is 12.4. The van der Waals surface area contributed by atoms with Crippen LogP contribution < -0.4 is 16.0 Å². The summed E-state index contributed by atoms with van der Waals surface area (Å²) in [5.41, 5.74) is 7.65. The topological polar surface area (TPSA) is 71.2 Å². The summed E-state index contributed by atoms with van der Waals surface area (Å²) in [6.07, 6.45) is 2.58. The summed E-state index contributed by atoms with van der Waals surface area (Å²) >= 11 is 1.48. The van der Waals surface area contributed by atoms with Gasteiger partial charge in [-0.3, -0.25) is 4.79 Å². The number of carbonyl (C=O) groups is 1. The number of anilines is 2. The predicted molar refractivity (Wildman–Crippen MR) is 90.2 cm³/mol. The second kappa shape index (κ2) is 6.89. The van der Waals surface area contributed by atoms with Crippen molar-refractivity contribution < 1.29 is 4.79 Å². The zero-order chi connectivity index (χ0) is 15.4. The lowest BCUT2D eigenvalue weighted by atomic mass is 10.1. The van der Waals surface area contributed by atoms with Crippen LogP contribution in [0.5, 0.6) is 0 Å². The van der Waals surface area contributed by atoms with Gasteiger partial charge < -0.3 is 16.0 Å². The minimum absolute atomic E-state index is 0.0743. The van der Waals surface area contributed by atoms with Crippen molar-refractivity contribution in [2.45, 2.75) is 25.3 Å². The van der Waals surface area contributed by atoms with Crippen LogP contribution in [0.25, 0.3) is 0 Å². The summed E-state index contributed by atoms with van der Waals surface area (Å²) < 4.78 is 0. The van der Waals surface area contributed by atoms with Gasteiger partial charge in [-0.2, -0.15) is 0 Å². The number of thiazole rings is 1. The number of nitrogens with one attached hydrogen (secondary N) is 1. The Morgan fingerprint density at radius 2 is 2.23 bits per heavy atom. The van der Waals surface area contributed by atoms with E-state index in [0.29, 0.717) is 24.1 Å². The van der Waals surface area contributed by atoms with Crippen molar-refractivity contribution in [2.75, 3.05) is 23.3 Å². The fourth-order valence-electron chi connectivity index (χ4n) is 2.81. The van der Waals surface area contributed by atoms with E-state index in [1.54, 1.807) is 0 Å². The van der Waals surface area contributed by atoms with E-state index in [1.165, 1.54) is 17.0 Å². The maximum Gasteiger partial charge on any atom is 0.227 e. The lowest BCUT2D eigenvalue weighted by Gasteiger charge is -2.25. The van der Waals surface area contributed by atoms with Crippen LogP contribution in [0.1, 0.15) is 31.0 Å². The minimum atomic E-state index is -0.0743. The van der Waals surface area contributed by atoms with E-state index in [0.717, 1.165) is 25.1 Å². The molecule has 1 aliphatic heterocycles. The standard InChI is InChI=1S/C16H20N4OS/c17-9-8-15(21)19-16-18-13(11-22-16)14-7-4-10-20(14)12-5-2-1-3-6-12/h1-3,5-6,11,14H,4,7-10,17H2,(H,18,19,21). The SMILES string of the molecule is NCCC(=O)Nc1nc(C2CCCN2c2ccccc2)cs1. The smallest absolute Gasteiger partial charge is 0.227 e. The number of para-hydroxylation sites is 1.